The maximum absolute atomic E-state index is 12.3. The van der Waals surface area contributed by atoms with Crippen LogP contribution < -0.4 is 0 Å². The smallest absolute Gasteiger partial charge is 0.353 e. The fraction of sp³-hybridized carbons (Fsp3) is 0.231. The number of amides is 1. The van der Waals surface area contributed by atoms with Crippen LogP contribution in [0.15, 0.2) is 28.7 Å². The Balaban J connectivity index is 2.19. The molecule has 1 aromatic carbocycles. The van der Waals surface area contributed by atoms with Gasteiger partial charge in [-0.1, -0.05) is 15.9 Å². The second kappa shape index (κ2) is 4.60. The van der Waals surface area contributed by atoms with Gasteiger partial charge in [-0.15, -0.1) is 0 Å². The first-order valence-corrected chi connectivity index (χ1v) is 6.72. The van der Waals surface area contributed by atoms with Crippen molar-refractivity contribution < 1.29 is 19.5 Å². The van der Waals surface area contributed by atoms with E-state index in [2.05, 4.69) is 15.9 Å². The average Bonchev–Trinajstić information content (AvgIpc) is 2.85. The van der Waals surface area contributed by atoms with Crippen molar-refractivity contribution in [1.29, 1.82) is 0 Å². The number of carbonyl (C=O) groups excluding carboxylic acids is 1. The molecule has 1 aliphatic rings. The molecule has 0 saturated carbocycles. The van der Waals surface area contributed by atoms with Crippen molar-refractivity contribution in [3.63, 3.8) is 0 Å². The zero-order chi connectivity index (χ0) is 14.4. The molecule has 1 aliphatic heterocycles. The maximum atomic E-state index is 12.3. The molecule has 0 fully saturated rings. The van der Waals surface area contributed by atoms with E-state index in [1.165, 1.54) is 11.7 Å². The molecule has 2 heterocycles. The molecule has 0 aliphatic carbocycles. The minimum atomic E-state index is -0.982. The van der Waals surface area contributed by atoms with Crippen LogP contribution >= 0.6 is 15.9 Å². The molecule has 1 N–H and O–H groups in total. The van der Waals surface area contributed by atoms with E-state index in [9.17, 15) is 9.59 Å². The second-order valence-electron chi connectivity index (χ2n) is 4.51. The number of carbonyl (C=O) groups is 2. The van der Waals surface area contributed by atoms with Gasteiger partial charge < -0.3 is 5.11 Å². The van der Waals surface area contributed by atoms with Gasteiger partial charge in [-0.05, 0) is 24.3 Å². The summed E-state index contributed by atoms with van der Waals surface area (Å²) in [4.78, 5) is 28.4. The predicted molar refractivity (Wildman–Crippen MR) is 74.3 cm³/mol. The van der Waals surface area contributed by atoms with Crippen molar-refractivity contribution in [2.75, 3.05) is 7.11 Å². The highest BCUT2D eigenvalue weighted by atomic mass is 79.9. The summed E-state index contributed by atoms with van der Waals surface area (Å²) in [6.45, 7) is 0. The van der Waals surface area contributed by atoms with Crippen LogP contribution in [0.2, 0.25) is 0 Å². The number of aromatic nitrogens is 1. The van der Waals surface area contributed by atoms with Crippen molar-refractivity contribution in [3.8, 4) is 0 Å². The van der Waals surface area contributed by atoms with Crippen LogP contribution in [0.3, 0.4) is 0 Å². The van der Waals surface area contributed by atoms with Crippen molar-refractivity contribution in [3.05, 3.63) is 34.4 Å². The number of hydrogen-bond donors (Lipinski definition) is 1. The Bertz CT molecular complexity index is 724. The number of benzene rings is 1. The third-order valence-electron chi connectivity index (χ3n) is 3.36. The Morgan fingerprint density at radius 3 is 2.85 bits per heavy atom. The van der Waals surface area contributed by atoms with Gasteiger partial charge in [0.25, 0.3) is 0 Å². The first-order valence-electron chi connectivity index (χ1n) is 5.93. The number of hydroxylamine groups is 2. The van der Waals surface area contributed by atoms with Crippen LogP contribution in [0.5, 0.6) is 0 Å². The molecule has 20 heavy (non-hydrogen) atoms. The number of carboxylic acid groups (broad SMARTS) is 1. The number of carboxylic acids is 1. The van der Waals surface area contributed by atoms with Crippen LogP contribution in [0.4, 0.5) is 4.79 Å². The summed E-state index contributed by atoms with van der Waals surface area (Å²) in [5.41, 5.74) is 1.37. The van der Waals surface area contributed by atoms with E-state index in [0.717, 1.165) is 20.4 Å². The molecule has 1 amide bonds. The molecular weight excluding hydrogens is 328 g/mol. The molecule has 0 saturated heterocycles. The van der Waals surface area contributed by atoms with Gasteiger partial charge in [-0.2, -0.15) is 5.06 Å². The van der Waals surface area contributed by atoms with E-state index in [4.69, 9.17) is 9.94 Å². The Kier molecular flexibility index (Phi) is 3.02. The van der Waals surface area contributed by atoms with Crippen molar-refractivity contribution in [2.24, 2.45) is 0 Å². The first kappa shape index (κ1) is 13.1. The second-order valence-corrected chi connectivity index (χ2v) is 5.43. The molecule has 0 spiro atoms. The molecule has 104 valence electrons. The average molecular weight is 339 g/mol. The summed E-state index contributed by atoms with van der Waals surface area (Å²) in [7, 11) is 1.36. The standard InChI is InChI=1S/C13H11BrN2O4/c1-20-16-11(6-12(17)18)10-5-7-4-8(14)2-3-9(7)15(10)13(16)19/h2-5,11H,6H2,1H3,(H,17,18). The third-order valence-corrected chi connectivity index (χ3v) is 3.85. The molecular formula is C13H11BrN2O4. The number of fused-ring (bicyclic) bond motifs is 3. The summed E-state index contributed by atoms with van der Waals surface area (Å²) >= 11 is 3.38. The highest BCUT2D eigenvalue weighted by Crippen LogP contribution is 2.37. The number of rotatable bonds is 3. The molecule has 7 heteroatoms. The quantitative estimate of drug-likeness (QED) is 0.933. The highest BCUT2D eigenvalue weighted by molar-refractivity contribution is 9.10. The highest BCUT2D eigenvalue weighted by Gasteiger charge is 2.40. The summed E-state index contributed by atoms with van der Waals surface area (Å²) in [6, 6.07) is 6.39. The van der Waals surface area contributed by atoms with E-state index in [-0.39, 0.29) is 12.5 Å². The molecule has 6 nitrogen and oxygen atoms in total. The van der Waals surface area contributed by atoms with Gasteiger partial charge in [0.15, 0.2) is 0 Å². The number of nitrogens with zero attached hydrogens (tertiary/aromatic N) is 2. The normalized spacial score (nSPS) is 17.8. The third kappa shape index (κ3) is 1.82. The summed E-state index contributed by atoms with van der Waals surface area (Å²) in [5, 5.41) is 11.0. The van der Waals surface area contributed by atoms with Gasteiger partial charge in [0.2, 0.25) is 0 Å². The van der Waals surface area contributed by atoms with Crippen LogP contribution in [0, 0.1) is 0 Å². The zero-order valence-corrected chi connectivity index (χ0v) is 12.1. The van der Waals surface area contributed by atoms with Crippen LogP contribution in [-0.4, -0.2) is 33.8 Å². The van der Waals surface area contributed by atoms with Gasteiger partial charge in [0.1, 0.15) is 6.04 Å². The lowest BCUT2D eigenvalue weighted by atomic mass is 10.1. The van der Waals surface area contributed by atoms with Crippen LogP contribution in [-0.2, 0) is 9.63 Å². The molecule has 0 bridgehead atoms. The SMILES string of the molecule is CON1C(=O)n2c(cc3cc(Br)ccc32)C1CC(=O)O. The van der Waals surface area contributed by atoms with Crippen molar-refractivity contribution >= 4 is 38.8 Å². The van der Waals surface area contributed by atoms with Gasteiger partial charge in [-0.25, -0.2) is 4.79 Å². The minimum absolute atomic E-state index is 0.197. The number of hydrogen-bond acceptors (Lipinski definition) is 3. The lowest BCUT2D eigenvalue weighted by Crippen LogP contribution is -2.29. The van der Waals surface area contributed by atoms with E-state index >= 15 is 0 Å². The lowest BCUT2D eigenvalue weighted by Gasteiger charge is -2.19. The van der Waals surface area contributed by atoms with Gasteiger partial charge >= 0.3 is 12.0 Å². The van der Waals surface area contributed by atoms with E-state index in [0.29, 0.717) is 5.69 Å². The molecule has 2 aromatic rings. The van der Waals surface area contributed by atoms with Gasteiger partial charge in [0, 0.05) is 9.86 Å². The van der Waals surface area contributed by atoms with E-state index in [1.807, 2.05) is 24.3 Å². The molecule has 1 atom stereocenters. The molecule has 1 unspecified atom stereocenters. The van der Waals surface area contributed by atoms with Crippen LogP contribution in [0.25, 0.3) is 10.9 Å². The molecule has 1 aromatic heterocycles. The summed E-state index contributed by atoms with van der Waals surface area (Å²) in [6.07, 6.45) is -0.197. The fourth-order valence-electron chi connectivity index (χ4n) is 2.58. The van der Waals surface area contributed by atoms with Crippen LogP contribution in [0.1, 0.15) is 18.2 Å². The maximum Gasteiger partial charge on any atom is 0.353 e. The predicted octanol–water partition coefficient (Wildman–Crippen LogP) is 2.76. The summed E-state index contributed by atoms with van der Waals surface area (Å²) in [5.74, 6) is -0.982. The Labute approximate surface area is 122 Å². The Hall–Kier alpha value is -1.86. The van der Waals surface area contributed by atoms with Crippen molar-refractivity contribution in [2.45, 2.75) is 12.5 Å². The fourth-order valence-corrected chi connectivity index (χ4v) is 2.96. The van der Waals surface area contributed by atoms with Gasteiger partial charge in [-0.3, -0.25) is 14.2 Å². The Morgan fingerprint density at radius 2 is 2.20 bits per heavy atom. The number of halogens is 1. The van der Waals surface area contributed by atoms with E-state index in [1.54, 1.807) is 0 Å². The molecule has 3 rings (SSSR count). The Morgan fingerprint density at radius 1 is 1.45 bits per heavy atom. The van der Waals surface area contributed by atoms with Crippen molar-refractivity contribution in [1.82, 2.24) is 9.63 Å². The minimum Gasteiger partial charge on any atom is -0.481 e. The van der Waals surface area contributed by atoms with Gasteiger partial charge in [0.05, 0.1) is 24.7 Å². The first-order chi connectivity index (χ1) is 9.52. The monoisotopic (exact) mass is 338 g/mol. The lowest BCUT2D eigenvalue weighted by molar-refractivity contribution is -0.146. The number of aliphatic carboxylic acids is 1. The molecule has 0 radical (unpaired) electrons. The summed E-state index contributed by atoms with van der Waals surface area (Å²) < 4.78 is 2.40. The van der Waals surface area contributed by atoms with E-state index < -0.39 is 12.0 Å². The zero-order valence-electron chi connectivity index (χ0n) is 10.5. The largest absolute Gasteiger partial charge is 0.481 e. The topological polar surface area (TPSA) is 71.8 Å².